The van der Waals surface area contributed by atoms with Gasteiger partial charge in [-0.05, 0) is 26.3 Å². The first-order valence-electron chi connectivity index (χ1n) is 6.02. The molecule has 0 fully saturated rings. The standard InChI is InChI=1S/C14H19NO3S/c1-14(2,3)18-11(16)9-15-12(13(17)19)10-7-5-4-6-8-10/h4-8,12,15H,9H2,1-3H3,(H,17,19)/t12-/m1/s1. The van der Waals surface area contributed by atoms with Gasteiger partial charge in [0.1, 0.15) is 11.6 Å². The second-order valence-electron chi connectivity index (χ2n) is 5.15. The molecular weight excluding hydrogens is 262 g/mol. The molecule has 0 amide bonds. The number of rotatable bonds is 5. The molecule has 0 bridgehead atoms. The molecule has 0 radical (unpaired) electrons. The molecule has 1 aromatic carbocycles. The first-order chi connectivity index (χ1) is 8.79. The Morgan fingerprint density at radius 3 is 2.32 bits per heavy atom. The van der Waals surface area contributed by atoms with Gasteiger partial charge in [-0.3, -0.25) is 14.9 Å². The molecule has 0 saturated heterocycles. The molecule has 0 aliphatic heterocycles. The molecule has 5 heteroatoms. The van der Waals surface area contributed by atoms with E-state index in [-0.39, 0.29) is 11.7 Å². The third-order valence-electron chi connectivity index (χ3n) is 2.25. The first kappa shape index (κ1) is 15.7. The van der Waals surface area contributed by atoms with E-state index >= 15 is 0 Å². The van der Waals surface area contributed by atoms with Gasteiger partial charge in [0.15, 0.2) is 0 Å². The highest BCUT2D eigenvalue weighted by atomic mass is 32.1. The minimum absolute atomic E-state index is 0.0386. The number of thiol groups is 1. The summed E-state index contributed by atoms with van der Waals surface area (Å²) >= 11 is 3.84. The maximum atomic E-state index is 11.6. The lowest BCUT2D eigenvalue weighted by atomic mass is 10.1. The predicted octanol–water partition coefficient (Wildman–Crippen LogP) is 2.12. The number of benzene rings is 1. The summed E-state index contributed by atoms with van der Waals surface area (Å²) in [5, 5.41) is 2.52. The Morgan fingerprint density at radius 2 is 1.84 bits per heavy atom. The highest BCUT2D eigenvalue weighted by molar-refractivity contribution is 7.96. The van der Waals surface area contributed by atoms with E-state index in [2.05, 4.69) is 17.9 Å². The molecule has 0 spiro atoms. The van der Waals surface area contributed by atoms with Crippen LogP contribution in [0.5, 0.6) is 0 Å². The van der Waals surface area contributed by atoms with Crippen molar-refractivity contribution in [2.45, 2.75) is 32.4 Å². The summed E-state index contributed by atoms with van der Waals surface area (Å²) in [6.45, 7) is 5.35. The molecule has 0 aromatic heterocycles. The van der Waals surface area contributed by atoms with Crippen LogP contribution in [-0.4, -0.2) is 23.2 Å². The Balaban J connectivity index is 2.62. The van der Waals surface area contributed by atoms with E-state index in [4.69, 9.17) is 4.74 Å². The quantitative estimate of drug-likeness (QED) is 0.641. The van der Waals surface area contributed by atoms with E-state index < -0.39 is 17.6 Å². The Bertz CT molecular complexity index is 440. The second-order valence-corrected chi connectivity index (χ2v) is 5.59. The van der Waals surface area contributed by atoms with Gasteiger partial charge in [0.05, 0.1) is 6.54 Å². The van der Waals surface area contributed by atoms with E-state index in [0.29, 0.717) is 0 Å². The zero-order valence-electron chi connectivity index (χ0n) is 11.3. The fourth-order valence-electron chi connectivity index (χ4n) is 1.56. The van der Waals surface area contributed by atoms with Gasteiger partial charge >= 0.3 is 5.97 Å². The molecular formula is C14H19NO3S. The summed E-state index contributed by atoms with van der Waals surface area (Å²) in [7, 11) is 0. The van der Waals surface area contributed by atoms with Crippen molar-refractivity contribution in [2.75, 3.05) is 6.54 Å². The number of esters is 1. The van der Waals surface area contributed by atoms with Gasteiger partial charge in [0.25, 0.3) is 0 Å². The zero-order chi connectivity index (χ0) is 14.5. The van der Waals surface area contributed by atoms with Gasteiger partial charge in [-0.2, -0.15) is 0 Å². The van der Waals surface area contributed by atoms with Crippen LogP contribution in [0.1, 0.15) is 32.4 Å². The SMILES string of the molecule is CC(C)(C)OC(=O)CN[C@@H](C(=O)S)c1ccccc1. The summed E-state index contributed by atoms with van der Waals surface area (Å²) in [6, 6.07) is 8.51. The average molecular weight is 281 g/mol. The van der Waals surface area contributed by atoms with Crippen LogP contribution in [0.25, 0.3) is 0 Å². The molecule has 1 atom stereocenters. The second kappa shape index (κ2) is 6.73. The van der Waals surface area contributed by atoms with Gasteiger partial charge in [-0.25, -0.2) is 0 Å². The fourth-order valence-corrected chi connectivity index (χ4v) is 1.80. The van der Waals surface area contributed by atoms with Crippen molar-refractivity contribution in [3.8, 4) is 0 Å². The average Bonchev–Trinajstić information content (AvgIpc) is 2.27. The van der Waals surface area contributed by atoms with Crippen LogP contribution in [0.4, 0.5) is 0 Å². The number of carbonyl (C=O) groups is 2. The lowest BCUT2D eigenvalue weighted by molar-refractivity contribution is -0.153. The molecule has 0 aliphatic carbocycles. The van der Waals surface area contributed by atoms with Gasteiger partial charge in [-0.1, -0.05) is 30.3 Å². The number of nitrogens with one attached hydrogen (secondary N) is 1. The molecule has 4 nitrogen and oxygen atoms in total. The lowest BCUT2D eigenvalue weighted by Crippen LogP contribution is -2.35. The van der Waals surface area contributed by atoms with Gasteiger partial charge < -0.3 is 4.74 Å². The van der Waals surface area contributed by atoms with Crippen LogP contribution in [0.3, 0.4) is 0 Å². The van der Waals surface area contributed by atoms with Crippen LogP contribution >= 0.6 is 12.6 Å². The van der Waals surface area contributed by atoms with Crippen LogP contribution < -0.4 is 5.32 Å². The number of hydrogen-bond acceptors (Lipinski definition) is 4. The van der Waals surface area contributed by atoms with Crippen molar-refractivity contribution < 1.29 is 14.3 Å². The molecule has 0 unspecified atom stereocenters. The summed E-state index contributed by atoms with van der Waals surface area (Å²) in [6.07, 6.45) is 0. The van der Waals surface area contributed by atoms with Crippen molar-refractivity contribution in [3.63, 3.8) is 0 Å². The highest BCUT2D eigenvalue weighted by Gasteiger charge is 2.20. The maximum absolute atomic E-state index is 11.6. The topological polar surface area (TPSA) is 55.4 Å². The third kappa shape index (κ3) is 5.89. The smallest absolute Gasteiger partial charge is 0.320 e. The lowest BCUT2D eigenvalue weighted by Gasteiger charge is -2.21. The van der Waals surface area contributed by atoms with E-state index in [1.165, 1.54) is 0 Å². The molecule has 0 saturated carbocycles. The first-order valence-corrected chi connectivity index (χ1v) is 6.47. The predicted molar refractivity (Wildman–Crippen MR) is 77.0 cm³/mol. The fraction of sp³-hybridized carbons (Fsp3) is 0.429. The zero-order valence-corrected chi connectivity index (χ0v) is 12.2. The molecule has 0 aliphatic rings. The largest absolute Gasteiger partial charge is 0.459 e. The maximum Gasteiger partial charge on any atom is 0.320 e. The third-order valence-corrected chi connectivity index (χ3v) is 2.51. The van der Waals surface area contributed by atoms with Crippen LogP contribution in [0.15, 0.2) is 30.3 Å². The van der Waals surface area contributed by atoms with Crippen molar-refractivity contribution >= 4 is 23.7 Å². The van der Waals surface area contributed by atoms with Gasteiger partial charge in [0.2, 0.25) is 5.12 Å². The summed E-state index contributed by atoms with van der Waals surface area (Å²) < 4.78 is 5.17. The Labute approximate surface area is 118 Å². The minimum atomic E-state index is -0.614. The number of carbonyl (C=O) groups excluding carboxylic acids is 2. The molecule has 1 rings (SSSR count). The van der Waals surface area contributed by atoms with E-state index in [1.54, 1.807) is 32.9 Å². The molecule has 104 valence electrons. The number of hydrogen-bond donors (Lipinski definition) is 2. The molecule has 19 heavy (non-hydrogen) atoms. The monoisotopic (exact) mass is 281 g/mol. The Morgan fingerprint density at radius 1 is 1.26 bits per heavy atom. The van der Waals surface area contributed by atoms with Crippen molar-refractivity contribution in [2.24, 2.45) is 0 Å². The van der Waals surface area contributed by atoms with Gasteiger partial charge in [0, 0.05) is 0 Å². The summed E-state index contributed by atoms with van der Waals surface area (Å²) in [4.78, 5) is 23.1. The summed E-state index contributed by atoms with van der Waals surface area (Å²) in [5.41, 5.74) is 0.234. The minimum Gasteiger partial charge on any atom is -0.459 e. The molecule has 1 N–H and O–H groups in total. The number of ether oxygens (including phenoxy) is 1. The van der Waals surface area contributed by atoms with Crippen molar-refractivity contribution in [1.29, 1.82) is 0 Å². The molecule has 0 heterocycles. The Kier molecular flexibility index (Phi) is 5.57. The normalized spacial score (nSPS) is 12.8. The van der Waals surface area contributed by atoms with Crippen LogP contribution in [-0.2, 0) is 14.3 Å². The van der Waals surface area contributed by atoms with Crippen LogP contribution in [0.2, 0.25) is 0 Å². The van der Waals surface area contributed by atoms with E-state index in [1.807, 2.05) is 18.2 Å². The molecule has 1 aromatic rings. The van der Waals surface area contributed by atoms with Crippen molar-refractivity contribution in [3.05, 3.63) is 35.9 Å². The van der Waals surface area contributed by atoms with Crippen molar-refractivity contribution in [1.82, 2.24) is 5.32 Å². The van der Waals surface area contributed by atoms with Crippen LogP contribution in [0, 0.1) is 0 Å². The van der Waals surface area contributed by atoms with Gasteiger partial charge in [-0.15, -0.1) is 12.6 Å². The van der Waals surface area contributed by atoms with E-state index in [9.17, 15) is 9.59 Å². The van der Waals surface area contributed by atoms with E-state index in [0.717, 1.165) is 5.56 Å². The highest BCUT2D eigenvalue weighted by Crippen LogP contribution is 2.15. The Hall–Kier alpha value is -1.33. The summed E-state index contributed by atoms with van der Waals surface area (Å²) in [5.74, 6) is -0.400.